The molecule has 0 saturated heterocycles. The molecule has 0 spiro atoms. The van der Waals surface area contributed by atoms with Gasteiger partial charge in [-0.25, -0.2) is 0 Å². The molecule has 7 heteroatoms. The molecule has 2 aromatic carbocycles. The number of nitrogens with zero attached hydrogens (tertiary/aromatic N) is 1. The van der Waals surface area contributed by atoms with Crippen LogP contribution >= 0.6 is 23.4 Å². The Morgan fingerprint density at radius 2 is 1.84 bits per heavy atom. The Morgan fingerprint density at radius 1 is 1.13 bits per heavy atom. The first-order chi connectivity index (χ1) is 14.8. The summed E-state index contributed by atoms with van der Waals surface area (Å²) in [7, 11) is 1.62. The lowest BCUT2D eigenvalue weighted by Gasteiger charge is -2.31. The molecule has 0 aliphatic carbocycles. The van der Waals surface area contributed by atoms with Gasteiger partial charge in [0.1, 0.15) is 11.8 Å². The van der Waals surface area contributed by atoms with E-state index >= 15 is 0 Å². The van der Waals surface area contributed by atoms with Crippen LogP contribution in [-0.2, 0) is 21.9 Å². The third kappa shape index (κ3) is 8.11. The summed E-state index contributed by atoms with van der Waals surface area (Å²) in [6.45, 7) is 6.13. The molecule has 0 bridgehead atoms. The first-order valence-electron chi connectivity index (χ1n) is 10.4. The molecular weight excluding hydrogens is 432 g/mol. The summed E-state index contributed by atoms with van der Waals surface area (Å²) in [5.41, 5.74) is 2.02. The summed E-state index contributed by atoms with van der Waals surface area (Å²) in [6.07, 6.45) is 0.541. The molecule has 2 rings (SSSR count). The lowest BCUT2D eigenvalue weighted by atomic mass is 10.1. The van der Waals surface area contributed by atoms with Crippen LogP contribution in [0, 0.1) is 0 Å². The van der Waals surface area contributed by atoms with Crippen molar-refractivity contribution in [1.29, 1.82) is 0 Å². The average Bonchev–Trinajstić information content (AvgIpc) is 2.73. The van der Waals surface area contributed by atoms with E-state index in [1.807, 2.05) is 69.3 Å². The minimum absolute atomic E-state index is 0.0108. The largest absolute Gasteiger partial charge is 0.497 e. The molecule has 0 saturated carbocycles. The summed E-state index contributed by atoms with van der Waals surface area (Å²) in [5.74, 6) is 1.53. The molecule has 0 aliphatic rings. The van der Waals surface area contributed by atoms with Crippen molar-refractivity contribution in [3.05, 3.63) is 64.7 Å². The molecule has 0 fully saturated rings. The average molecular weight is 463 g/mol. The first-order valence-corrected chi connectivity index (χ1v) is 11.9. The molecular formula is C24H31ClN2O3S. The Kier molecular flexibility index (Phi) is 10.2. The van der Waals surface area contributed by atoms with Crippen LogP contribution in [0.3, 0.4) is 0 Å². The van der Waals surface area contributed by atoms with Gasteiger partial charge in [0.2, 0.25) is 11.8 Å². The predicted octanol–water partition coefficient (Wildman–Crippen LogP) is 4.91. The van der Waals surface area contributed by atoms with Crippen molar-refractivity contribution in [2.75, 3.05) is 12.9 Å². The monoisotopic (exact) mass is 462 g/mol. The van der Waals surface area contributed by atoms with Crippen LogP contribution < -0.4 is 10.1 Å². The maximum Gasteiger partial charge on any atom is 0.243 e. The van der Waals surface area contributed by atoms with Crippen LogP contribution in [0.2, 0.25) is 5.02 Å². The lowest BCUT2D eigenvalue weighted by Crippen LogP contribution is -2.50. The molecule has 1 atom stereocenters. The second-order valence-corrected chi connectivity index (χ2v) is 9.00. The number of methoxy groups -OCH3 is 1. The zero-order valence-electron chi connectivity index (χ0n) is 18.6. The zero-order chi connectivity index (χ0) is 22.8. The summed E-state index contributed by atoms with van der Waals surface area (Å²) in [4.78, 5) is 27.7. The number of hydrogen-bond acceptors (Lipinski definition) is 4. The van der Waals surface area contributed by atoms with Gasteiger partial charge in [-0.15, -0.1) is 11.8 Å². The van der Waals surface area contributed by atoms with Crippen molar-refractivity contribution >= 4 is 35.2 Å². The fraction of sp³-hybridized carbons (Fsp3) is 0.417. The van der Waals surface area contributed by atoms with E-state index in [2.05, 4.69) is 5.32 Å². The van der Waals surface area contributed by atoms with Gasteiger partial charge in [0.05, 0.1) is 12.9 Å². The summed E-state index contributed by atoms with van der Waals surface area (Å²) in [5, 5.41) is 3.63. The minimum Gasteiger partial charge on any atom is -0.497 e. The van der Waals surface area contributed by atoms with Crippen molar-refractivity contribution in [2.24, 2.45) is 0 Å². The van der Waals surface area contributed by atoms with Crippen molar-refractivity contribution in [3.63, 3.8) is 0 Å². The van der Waals surface area contributed by atoms with Gasteiger partial charge >= 0.3 is 0 Å². The predicted molar refractivity (Wildman–Crippen MR) is 129 cm³/mol. The van der Waals surface area contributed by atoms with Crippen molar-refractivity contribution in [1.82, 2.24) is 10.2 Å². The fourth-order valence-electron chi connectivity index (χ4n) is 3.19. The third-order valence-electron chi connectivity index (χ3n) is 4.71. The maximum atomic E-state index is 13.2. The van der Waals surface area contributed by atoms with Gasteiger partial charge in [0.25, 0.3) is 0 Å². The highest BCUT2D eigenvalue weighted by Crippen LogP contribution is 2.20. The Labute approximate surface area is 194 Å². The summed E-state index contributed by atoms with van der Waals surface area (Å²) < 4.78 is 5.22. The lowest BCUT2D eigenvalue weighted by molar-refractivity contribution is -0.139. The van der Waals surface area contributed by atoms with Crippen LogP contribution in [-0.4, -0.2) is 41.7 Å². The van der Waals surface area contributed by atoms with E-state index in [1.54, 1.807) is 12.0 Å². The molecule has 168 valence electrons. The molecule has 5 nitrogen and oxygen atoms in total. The van der Waals surface area contributed by atoms with Crippen LogP contribution in [0.15, 0.2) is 48.5 Å². The van der Waals surface area contributed by atoms with E-state index in [0.29, 0.717) is 23.7 Å². The standard InChI is InChI=1S/C24H31ClN2O3S/c1-5-22(24(29)26-17(2)3)27(14-18-9-11-21(30-4)12-10-18)23(28)16-31-15-19-7-6-8-20(25)13-19/h6-13,17,22H,5,14-16H2,1-4H3,(H,26,29). The van der Waals surface area contributed by atoms with Crippen LogP contribution in [0.25, 0.3) is 0 Å². The van der Waals surface area contributed by atoms with E-state index in [-0.39, 0.29) is 23.6 Å². The topological polar surface area (TPSA) is 58.6 Å². The van der Waals surface area contributed by atoms with Gasteiger partial charge in [-0.3, -0.25) is 9.59 Å². The van der Waals surface area contributed by atoms with Crippen LogP contribution in [0.5, 0.6) is 5.75 Å². The van der Waals surface area contributed by atoms with E-state index < -0.39 is 6.04 Å². The van der Waals surface area contributed by atoms with Crippen LogP contribution in [0.1, 0.15) is 38.3 Å². The Hall–Kier alpha value is -2.18. The Balaban J connectivity index is 2.13. The van der Waals surface area contributed by atoms with Gasteiger partial charge in [0, 0.05) is 23.4 Å². The number of carbonyl (C=O) groups is 2. The second kappa shape index (κ2) is 12.6. The molecule has 1 N–H and O–H groups in total. The van der Waals surface area contributed by atoms with Crippen LogP contribution in [0.4, 0.5) is 0 Å². The molecule has 31 heavy (non-hydrogen) atoms. The zero-order valence-corrected chi connectivity index (χ0v) is 20.1. The smallest absolute Gasteiger partial charge is 0.243 e. The fourth-order valence-corrected chi connectivity index (χ4v) is 4.26. The first kappa shape index (κ1) is 25.1. The number of halogens is 1. The highest BCUT2D eigenvalue weighted by atomic mass is 35.5. The van der Waals surface area contributed by atoms with E-state index in [0.717, 1.165) is 16.9 Å². The number of amides is 2. The number of nitrogens with one attached hydrogen (secondary N) is 1. The summed E-state index contributed by atoms with van der Waals surface area (Å²) in [6, 6.07) is 14.7. The molecule has 2 amide bonds. The molecule has 0 radical (unpaired) electrons. The highest BCUT2D eigenvalue weighted by Gasteiger charge is 2.28. The van der Waals surface area contributed by atoms with Crippen molar-refractivity contribution in [2.45, 2.75) is 51.6 Å². The Bertz CT molecular complexity index is 858. The van der Waals surface area contributed by atoms with Gasteiger partial charge in [-0.2, -0.15) is 0 Å². The number of rotatable bonds is 11. The van der Waals surface area contributed by atoms with E-state index in [9.17, 15) is 9.59 Å². The van der Waals surface area contributed by atoms with Crippen molar-refractivity contribution in [3.8, 4) is 5.75 Å². The molecule has 0 heterocycles. The van der Waals surface area contributed by atoms with Gasteiger partial charge in [-0.1, -0.05) is 42.8 Å². The number of ether oxygens (including phenoxy) is 1. The van der Waals surface area contributed by atoms with Crippen molar-refractivity contribution < 1.29 is 14.3 Å². The third-order valence-corrected chi connectivity index (χ3v) is 5.94. The number of benzene rings is 2. The number of thioether (sulfide) groups is 1. The van der Waals surface area contributed by atoms with Gasteiger partial charge in [0.15, 0.2) is 0 Å². The number of hydrogen-bond donors (Lipinski definition) is 1. The Morgan fingerprint density at radius 3 is 2.42 bits per heavy atom. The highest BCUT2D eigenvalue weighted by molar-refractivity contribution is 7.99. The molecule has 2 aromatic rings. The minimum atomic E-state index is -0.524. The molecule has 1 unspecified atom stereocenters. The number of carbonyl (C=O) groups excluding carboxylic acids is 2. The summed E-state index contributed by atoms with van der Waals surface area (Å²) >= 11 is 7.57. The normalized spacial score (nSPS) is 11.8. The van der Waals surface area contributed by atoms with E-state index in [4.69, 9.17) is 16.3 Å². The SMILES string of the molecule is CCC(C(=O)NC(C)C)N(Cc1ccc(OC)cc1)C(=O)CSCc1cccc(Cl)c1. The maximum absolute atomic E-state index is 13.2. The molecule has 0 aliphatic heterocycles. The second-order valence-electron chi connectivity index (χ2n) is 7.58. The van der Waals surface area contributed by atoms with E-state index in [1.165, 1.54) is 11.8 Å². The van der Waals surface area contributed by atoms with Gasteiger partial charge < -0.3 is 15.0 Å². The molecule has 0 aromatic heterocycles. The van der Waals surface area contributed by atoms with Gasteiger partial charge in [-0.05, 0) is 55.7 Å². The quantitative estimate of drug-likeness (QED) is 0.515.